The Hall–Kier alpha value is -0.150. The summed E-state index contributed by atoms with van der Waals surface area (Å²) in [5.41, 5.74) is 0. The molecule has 0 aromatic rings. The molecule has 12 heavy (non-hydrogen) atoms. The topological polar surface area (TPSA) is 15.3 Å². The van der Waals surface area contributed by atoms with Crippen molar-refractivity contribution in [2.75, 3.05) is 39.9 Å². The maximum Gasteiger partial charge on any atom is 0.0906 e. The highest BCUT2D eigenvalue weighted by Crippen LogP contribution is 1.86. The van der Waals surface area contributed by atoms with E-state index in [9.17, 15) is 4.39 Å². The Labute approximate surface area is 75.1 Å². The highest BCUT2D eigenvalue weighted by atomic mass is 19.1. The van der Waals surface area contributed by atoms with Gasteiger partial charge in [-0.1, -0.05) is 6.92 Å². The van der Waals surface area contributed by atoms with Gasteiger partial charge in [0.2, 0.25) is 0 Å². The molecular weight excluding hydrogens is 155 g/mol. The van der Waals surface area contributed by atoms with Crippen molar-refractivity contribution in [3.8, 4) is 0 Å². The van der Waals surface area contributed by atoms with Crippen molar-refractivity contribution in [2.45, 2.75) is 19.8 Å². The van der Waals surface area contributed by atoms with Crippen molar-refractivity contribution in [3.05, 3.63) is 0 Å². The average molecular weight is 176 g/mol. The summed E-state index contributed by atoms with van der Waals surface area (Å²) in [4.78, 5) is 2.16. The zero-order valence-electron chi connectivity index (χ0n) is 8.27. The van der Waals surface area contributed by atoms with Gasteiger partial charge in [-0.2, -0.15) is 0 Å². The van der Waals surface area contributed by atoms with Crippen molar-refractivity contribution in [1.82, 2.24) is 10.2 Å². The van der Waals surface area contributed by atoms with Crippen LogP contribution in [0.2, 0.25) is 0 Å². The minimum atomic E-state index is -0.202. The molecule has 0 bridgehead atoms. The Balaban J connectivity index is 3.02. The molecular formula is C9H21FN2. The molecule has 0 aliphatic carbocycles. The molecule has 0 aromatic carbocycles. The quantitative estimate of drug-likeness (QED) is 0.560. The molecule has 0 amide bonds. The van der Waals surface area contributed by atoms with Gasteiger partial charge in [-0.3, -0.25) is 4.39 Å². The van der Waals surface area contributed by atoms with E-state index in [1.54, 1.807) is 0 Å². The molecule has 0 heterocycles. The van der Waals surface area contributed by atoms with Crippen LogP contribution < -0.4 is 5.32 Å². The first-order valence-electron chi connectivity index (χ1n) is 4.76. The summed E-state index contributed by atoms with van der Waals surface area (Å²) in [6.45, 7) is 5.92. The fraction of sp³-hybridized carbons (Fsp3) is 1.00. The molecule has 0 spiro atoms. The lowest BCUT2D eigenvalue weighted by molar-refractivity contribution is 0.308. The van der Waals surface area contributed by atoms with Gasteiger partial charge in [0.15, 0.2) is 0 Å². The number of likely N-dealkylation sites (N-methyl/N-ethyl adjacent to an activating group) is 1. The van der Waals surface area contributed by atoms with Crippen LogP contribution >= 0.6 is 0 Å². The van der Waals surface area contributed by atoms with Crippen LogP contribution in [-0.2, 0) is 0 Å². The predicted octanol–water partition coefficient (Wildman–Crippen LogP) is 1.28. The Kier molecular flexibility index (Phi) is 8.83. The normalized spacial score (nSPS) is 11.0. The van der Waals surface area contributed by atoms with Crippen LogP contribution in [0.15, 0.2) is 0 Å². The Morgan fingerprint density at radius 1 is 1.25 bits per heavy atom. The van der Waals surface area contributed by atoms with Crippen LogP contribution in [-0.4, -0.2) is 44.8 Å². The highest BCUT2D eigenvalue weighted by molar-refractivity contribution is 4.54. The molecule has 0 rings (SSSR count). The molecule has 0 saturated carbocycles. The van der Waals surface area contributed by atoms with E-state index in [0.29, 0.717) is 6.42 Å². The van der Waals surface area contributed by atoms with Crippen molar-refractivity contribution < 1.29 is 4.39 Å². The third kappa shape index (κ3) is 7.95. The molecule has 1 N–H and O–H groups in total. The van der Waals surface area contributed by atoms with Crippen LogP contribution in [0.5, 0.6) is 0 Å². The van der Waals surface area contributed by atoms with Crippen molar-refractivity contribution in [1.29, 1.82) is 0 Å². The number of nitrogens with zero attached hydrogens (tertiary/aromatic N) is 1. The van der Waals surface area contributed by atoms with Gasteiger partial charge in [0.05, 0.1) is 6.67 Å². The fourth-order valence-corrected chi connectivity index (χ4v) is 1.01. The maximum absolute atomic E-state index is 11.8. The lowest BCUT2D eigenvalue weighted by atomic mass is 10.4. The SMILES string of the molecule is CCCNCCN(C)CCCF. The second kappa shape index (κ2) is 8.94. The van der Waals surface area contributed by atoms with Gasteiger partial charge in [0.25, 0.3) is 0 Å². The summed E-state index contributed by atoms with van der Waals surface area (Å²) in [5.74, 6) is 0. The van der Waals surface area contributed by atoms with E-state index in [-0.39, 0.29) is 6.67 Å². The first kappa shape index (κ1) is 11.8. The van der Waals surface area contributed by atoms with Crippen molar-refractivity contribution in [2.24, 2.45) is 0 Å². The van der Waals surface area contributed by atoms with Crippen LogP contribution in [0, 0.1) is 0 Å². The van der Waals surface area contributed by atoms with E-state index in [1.165, 1.54) is 6.42 Å². The van der Waals surface area contributed by atoms with E-state index in [1.807, 2.05) is 7.05 Å². The summed E-state index contributed by atoms with van der Waals surface area (Å²) in [7, 11) is 2.03. The number of halogens is 1. The van der Waals surface area contributed by atoms with Gasteiger partial charge in [-0.05, 0) is 26.4 Å². The first-order valence-corrected chi connectivity index (χ1v) is 4.76. The van der Waals surface area contributed by atoms with Crippen LogP contribution in [0.3, 0.4) is 0 Å². The third-order valence-electron chi connectivity index (χ3n) is 1.77. The second-order valence-corrected chi connectivity index (χ2v) is 3.10. The largest absolute Gasteiger partial charge is 0.315 e. The van der Waals surface area contributed by atoms with Gasteiger partial charge in [0.1, 0.15) is 0 Å². The smallest absolute Gasteiger partial charge is 0.0906 e. The van der Waals surface area contributed by atoms with E-state index in [4.69, 9.17) is 0 Å². The van der Waals surface area contributed by atoms with Crippen LogP contribution in [0.1, 0.15) is 19.8 Å². The highest BCUT2D eigenvalue weighted by Gasteiger charge is 1.95. The van der Waals surface area contributed by atoms with E-state index in [0.717, 1.165) is 26.2 Å². The zero-order valence-corrected chi connectivity index (χ0v) is 8.27. The van der Waals surface area contributed by atoms with Gasteiger partial charge < -0.3 is 10.2 Å². The Morgan fingerprint density at radius 2 is 2.00 bits per heavy atom. The van der Waals surface area contributed by atoms with Crippen molar-refractivity contribution in [3.63, 3.8) is 0 Å². The lowest BCUT2D eigenvalue weighted by Gasteiger charge is -2.15. The minimum Gasteiger partial charge on any atom is -0.315 e. The number of rotatable bonds is 8. The summed E-state index contributed by atoms with van der Waals surface area (Å²) < 4.78 is 11.8. The molecule has 0 fully saturated rings. The fourth-order valence-electron chi connectivity index (χ4n) is 1.01. The molecule has 0 unspecified atom stereocenters. The van der Waals surface area contributed by atoms with Gasteiger partial charge in [0, 0.05) is 19.6 Å². The van der Waals surface area contributed by atoms with E-state index >= 15 is 0 Å². The number of hydrogen-bond donors (Lipinski definition) is 1. The molecule has 0 atom stereocenters. The molecule has 0 aromatic heterocycles. The van der Waals surface area contributed by atoms with E-state index < -0.39 is 0 Å². The summed E-state index contributed by atoms with van der Waals surface area (Å²) in [5, 5.41) is 3.31. The molecule has 0 radical (unpaired) electrons. The van der Waals surface area contributed by atoms with Crippen LogP contribution in [0.25, 0.3) is 0 Å². The second-order valence-electron chi connectivity index (χ2n) is 3.10. The van der Waals surface area contributed by atoms with Gasteiger partial charge in [-0.15, -0.1) is 0 Å². The zero-order chi connectivity index (χ0) is 9.23. The third-order valence-corrected chi connectivity index (χ3v) is 1.77. The molecule has 3 heteroatoms. The molecule has 0 aliphatic heterocycles. The average Bonchev–Trinajstić information content (AvgIpc) is 2.09. The summed E-state index contributed by atoms with van der Waals surface area (Å²) in [6.07, 6.45) is 1.83. The molecule has 0 aliphatic rings. The lowest BCUT2D eigenvalue weighted by Crippen LogP contribution is -2.30. The monoisotopic (exact) mass is 176 g/mol. The molecule has 2 nitrogen and oxygen atoms in total. The number of alkyl halides is 1. The summed E-state index contributed by atoms with van der Waals surface area (Å²) >= 11 is 0. The van der Waals surface area contributed by atoms with Gasteiger partial charge in [-0.25, -0.2) is 0 Å². The van der Waals surface area contributed by atoms with Crippen molar-refractivity contribution >= 4 is 0 Å². The first-order chi connectivity index (χ1) is 5.81. The minimum absolute atomic E-state index is 0.202. The Bertz CT molecular complexity index is 88.6. The maximum atomic E-state index is 11.8. The van der Waals surface area contributed by atoms with Gasteiger partial charge >= 0.3 is 0 Å². The number of nitrogens with one attached hydrogen (secondary N) is 1. The molecule has 74 valence electrons. The summed E-state index contributed by atoms with van der Waals surface area (Å²) in [6, 6.07) is 0. The Morgan fingerprint density at radius 3 is 2.58 bits per heavy atom. The number of hydrogen-bond acceptors (Lipinski definition) is 2. The predicted molar refractivity (Wildman–Crippen MR) is 51.2 cm³/mol. The van der Waals surface area contributed by atoms with Crippen LogP contribution in [0.4, 0.5) is 4.39 Å². The van der Waals surface area contributed by atoms with E-state index in [2.05, 4.69) is 17.1 Å². The molecule has 0 saturated heterocycles. The standard InChI is InChI=1S/C9H21FN2/c1-3-6-11-7-9-12(2)8-4-5-10/h11H,3-9H2,1-2H3.